The summed E-state index contributed by atoms with van der Waals surface area (Å²) in [4.78, 5) is 23.2. The van der Waals surface area contributed by atoms with E-state index in [9.17, 15) is 19.8 Å². The number of nitrogens with one attached hydrogen (secondary N) is 1. The minimum Gasteiger partial charge on any atom is -0.508 e. The summed E-state index contributed by atoms with van der Waals surface area (Å²) in [6.45, 7) is 1.80. The number of carboxylic acids is 1. The Bertz CT molecular complexity index is 530. The maximum atomic E-state index is 12.0. The summed E-state index contributed by atoms with van der Waals surface area (Å²) in [5, 5.41) is 21.5. The van der Waals surface area contributed by atoms with Gasteiger partial charge in [-0.3, -0.25) is 9.59 Å². The highest BCUT2D eigenvalue weighted by Gasteiger charge is 2.47. The molecule has 108 valence electrons. The Morgan fingerprint density at radius 1 is 1.45 bits per heavy atom. The fourth-order valence-corrected chi connectivity index (χ4v) is 2.16. The Morgan fingerprint density at radius 3 is 2.80 bits per heavy atom. The molecule has 1 amide bonds. The summed E-state index contributed by atoms with van der Waals surface area (Å²) in [7, 11) is 0. The van der Waals surface area contributed by atoms with Crippen LogP contribution in [0.3, 0.4) is 0 Å². The van der Waals surface area contributed by atoms with Gasteiger partial charge in [-0.2, -0.15) is 0 Å². The third kappa shape index (κ3) is 2.75. The second kappa shape index (κ2) is 5.50. The second-order valence-corrected chi connectivity index (χ2v) is 5.16. The van der Waals surface area contributed by atoms with Gasteiger partial charge in [-0.1, -0.05) is 18.2 Å². The van der Waals surface area contributed by atoms with Crippen molar-refractivity contribution in [3.05, 3.63) is 29.8 Å². The monoisotopic (exact) mass is 279 g/mol. The Morgan fingerprint density at radius 2 is 2.15 bits per heavy atom. The Balaban J connectivity index is 2.02. The molecule has 0 bridgehead atoms. The van der Waals surface area contributed by atoms with Crippen LogP contribution in [0.4, 0.5) is 0 Å². The van der Waals surface area contributed by atoms with Crippen LogP contribution in [0.5, 0.6) is 5.75 Å². The van der Waals surface area contributed by atoms with Crippen LogP contribution in [0.25, 0.3) is 0 Å². The van der Waals surface area contributed by atoms with Gasteiger partial charge >= 0.3 is 5.97 Å². The van der Waals surface area contributed by atoms with Crippen molar-refractivity contribution < 1.29 is 24.5 Å². The molecule has 3 N–H and O–H groups in total. The average molecular weight is 279 g/mol. The number of aromatic hydroxyl groups is 1. The first-order valence-corrected chi connectivity index (χ1v) is 6.31. The first-order valence-electron chi connectivity index (χ1n) is 6.31. The predicted octanol–water partition coefficient (Wildman–Crippen LogP) is 0.541. The van der Waals surface area contributed by atoms with Crippen molar-refractivity contribution in [2.24, 2.45) is 5.41 Å². The summed E-state index contributed by atoms with van der Waals surface area (Å²) in [5.41, 5.74) is -0.616. The zero-order valence-corrected chi connectivity index (χ0v) is 11.1. The van der Waals surface area contributed by atoms with E-state index in [2.05, 4.69) is 5.32 Å². The fourth-order valence-electron chi connectivity index (χ4n) is 2.16. The molecule has 1 aliphatic rings. The number of hydrogen-bond donors (Lipinski definition) is 3. The molecule has 1 heterocycles. The van der Waals surface area contributed by atoms with Crippen molar-refractivity contribution in [1.29, 1.82) is 0 Å². The number of carbonyl (C=O) groups excluding carboxylic acids is 1. The van der Waals surface area contributed by atoms with Crippen LogP contribution >= 0.6 is 0 Å². The number of carboxylic acid groups (broad SMARTS) is 1. The average Bonchev–Trinajstić information content (AvgIpc) is 2.75. The van der Waals surface area contributed by atoms with Gasteiger partial charge in [0.2, 0.25) is 5.91 Å². The summed E-state index contributed by atoms with van der Waals surface area (Å²) in [6.07, 6.45) is -0.00112. The smallest absolute Gasteiger partial charge is 0.313 e. The highest BCUT2D eigenvalue weighted by atomic mass is 16.5. The van der Waals surface area contributed by atoms with Gasteiger partial charge in [-0.15, -0.1) is 0 Å². The van der Waals surface area contributed by atoms with Crippen LogP contribution in [-0.4, -0.2) is 41.3 Å². The molecule has 0 aliphatic carbocycles. The van der Waals surface area contributed by atoms with Crippen LogP contribution in [0.2, 0.25) is 0 Å². The molecule has 1 aromatic rings. The van der Waals surface area contributed by atoms with E-state index in [1.807, 2.05) is 0 Å². The van der Waals surface area contributed by atoms with Crippen molar-refractivity contribution in [2.45, 2.75) is 19.4 Å². The van der Waals surface area contributed by atoms with Crippen LogP contribution in [0, 0.1) is 5.41 Å². The van der Waals surface area contributed by atoms with Crippen LogP contribution < -0.4 is 5.32 Å². The summed E-state index contributed by atoms with van der Waals surface area (Å²) < 4.78 is 5.16. The predicted molar refractivity (Wildman–Crippen MR) is 70.3 cm³/mol. The van der Waals surface area contributed by atoms with Gasteiger partial charge < -0.3 is 20.3 Å². The molecule has 6 heteroatoms. The SMILES string of the molecule is CC1(C(=O)O)COCC1NC(=O)Cc1ccccc1O. The molecular formula is C14H17NO5. The molecule has 0 spiro atoms. The normalized spacial score (nSPS) is 25.4. The van der Waals surface area contributed by atoms with Crippen LogP contribution in [0.15, 0.2) is 24.3 Å². The van der Waals surface area contributed by atoms with E-state index in [1.165, 1.54) is 6.07 Å². The lowest BCUT2D eigenvalue weighted by Crippen LogP contribution is -2.50. The minimum absolute atomic E-state index is 0.00112. The molecule has 0 saturated carbocycles. The third-order valence-electron chi connectivity index (χ3n) is 3.62. The van der Waals surface area contributed by atoms with Crippen molar-refractivity contribution in [3.63, 3.8) is 0 Å². The lowest BCUT2D eigenvalue weighted by atomic mass is 9.85. The number of para-hydroxylation sites is 1. The van der Waals surface area contributed by atoms with Crippen molar-refractivity contribution in [1.82, 2.24) is 5.32 Å². The van der Waals surface area contributed by atoms with Gasteiger partial charge in [0.25, 0.3) is 0 Å². The van der Waals surface area contributed by atoms with E-state index < -0.39 is 17.4 Å². The first-order chi connectivity index (χ1) is 9.43. The molecule has 20 heavy (non-hydrogen) atoms. The lowest BCUT2D eigenvalue weighted by Gasteiger charge is -2.25. The summed E-state index contributed by atoms with van der Waals surface area (Å²) in [6, 6.07) is 5.98. The van der Waals surface area contributed by atoms with E-state index in [0.29, 0.717) is 5.56 Å². The van der Waals surface area contributed by atoms with Gasteiger partial charge in [0, 0.05) is 5.56 Å². The van der Waals surface area contributed by atoms with Crippen molar-refractivity contribution in [3.8, 4) is 5.75 Å². The van der Waals surface area contributed by atoms with E-state index >= 15 is 0 Å². The van der Waals surface area contributed by atoms with Gasteiger partial charge in [0.1, 0.15) is 11.2 Å². The number of carbonyl (C=O) groups is 2. The van der Waals surface area contributed by atoms with E-state index in [1.54, 1.807) is 25.1 Å². The first kappa shape index (κ1) is 14.3. The molecule has 2 atom stereocenters. The second-order valence-electron chi connectivity index (χ2n) is 5.16. The number of ether oxygens (including phenoxy) is 1. The molecule has 0 radical (unpaired) electrons. The summed E-state index contributed by atoms with van der Waals surface area (Å²) in [5.74, 6) is -1.29. The molecule has 1 saturated heterocycles. The zero-order valence-electron chi connectivity index (χ0n) is 11.1. The largest absolute Gasteiger partial charge is 0.508 e. The van der Waals surface area contributed by atoms with E-state index in [0.717, 1.165) is 0 Å². The summed E-state index contributed by atoms with van der Waals surface area (Å²) >= 11 is 0. The Hall–Kier alpha value is -2.08. The minimum atomic E-state index is -1.12. The Kier molecular flexibility index (Phi) is 3.94. The molecule has 2 unspecified atom stereocenters. The fraction of sp³-hybridized carbons (Fsp3) is 0.429. The number of rotatable bonds is 4. The highest BCUT2D eigenvalue weighted by molar-refractivity contribution is 5.82. The van der Waals surface area contributed by atoms with Gasteiger partial charge in [0.05, 0.1) is 25.7 Å². The number of phenols is 1. The number of hydrogen-bond acceptors (Lipinski definition) is 4. The van der Waals surface area contributed by atoms with Crippen molar-refractivity contribution in [2.75, 3.05) is 13.2 Å². The standard InChI is InChI=1S/C14H17NO5/c1-14(13(18)19)8-20-7-11(14)15-12(17)6-9-4-2-3-5-10(9)16/h2-5,11,16H,6-8H2,1H3,(H,15,17)(H,18,19). The third-order valence-corrected chi connectivity index (χ3v) is 3.62. The molecule has 1 aliphatic heterocycles. The Labute approximate surface area is 116 Å². The van der Waals surface area contributed by atoms with Gasteiger partial charge in [-0.25, -0.2) is 0 Å². The molecule has 2 rings (SSSR count). The molecule has 1 fully saturated rings. The number of benzene rings is 1. The van der Waals surface area contributed by atoms with Gasteiger partial charge in [0.15, 0.2) is 0 Å². The molecule has 1 aromatic carbocycles. The van der Waals surface area contributed by atoms with Crippen LogP contribution in [-0.2, 0) is 20.7 Å². The number of phenolic OH excluding ortho intramolecular Hbond substituents is 1. The topological polar surface area (TPSA) is 95.9 Å². The maximum absolute atomic E-state index is 12.0. The maximum Gasteiger partial charge on any atom is 0.313 e. The lowest BCUT2D eigenvalue weighted by molar-refractivity contribution is -0.149. The molecule has 6 nitrogen and oxygen atoms in total. The molecule has 0 aromatic heterocycles. The van der Waals surface area contributed by atoms with Crippen LogP contribution in [0.1, 0.15) is 12.5 Å². The highest BCUT2D eigenvalue weighted by Crippen LogP contribution is 2.28. The zero-order chi connectivity index (χ0) is 14.8. The van der Waals surface area contributed by atoms with E-state index in [-0.39, 0.29) is 31.3 Å². The quantitative estimate of drug-likeness (QED) is 0.747. The van der Waals surface area contributed by atoms with Crippen molar-refractivity contribution >= 4 is 11.9 Å². The van der Waals surface area contributed by atoms with Gasteiger partial charge in [-0.05, 0) is 13.0 Å². The number of aliphatic carboxylic acids is 1. The van der Waals surface area contributed by atoms with E-state index in [4.69, 9.17) is 4.74 Å². The molecular weight excluding hydrogens is 262 g/mol. The number of amides is 1.